The van der Waals surface area contributed by atoms with E-state index in [1.165, 1.54) is 20.3 Å². The molecule has 162 valence electrons. The first-order valence-electron chi connectivity index (χ1n) is 9.64. The monoisotopic (exact) mass is 416 g/mol. The molecule has 2 rings (SSSR count). The first-order chi connectivity index (χ1) is 14.1. The number of hydrogen-bond donors (Lipinski definition) is 0. The first kappa shape index (κ1) is 23.2. The molecule has 0 radical (unpaired) electrons. The van der Waals surface area contributed by atoms with Crippen molar-refractivity contribution >= 4 is 18.0 Å². The lowest BCUT2D eigenvalue weighted by molar-refractivity contribution is 0.0155. The first-order valence-corrected chi connectivity index (χ1v) is 9.64. The Morgan fingerprint density at radius 2 is 1.47 bits per heavy atom. The summed E-state index contributed by atoms with van der Waals surface area (Å²) < 4.78 is 14.9. The van der Waals surface area contributed by atoms with Crippen LogP contribution in [0.1, 0.15) is 47.1 Å². The van der Waals surface area contributed by atoms with Crippen molar-refractivity contribution in [2.45, 2.75) is 26.4 Å². The van der Waals surface area contributed by atoms with Gasteiger partial charge in [-0.25, -0.2) is 14.4 Å². The van der Waals surface area contributed by atoms with Crippen LogP contribution in [0.25, 0.3) is 0 Å². The molecule has 0 unspecified atom stereocenters. The van der Waals surface area contributed by atoms with E-state index in [9.17, 15) is 14.4 Å². The number of piperazine rings is 1. The van der Waals surface area contributed by atoms with E-state index < -0.39 is 17.5 Å². The Kier molecular flexibility index (Phi) is 7.84. The summed E-state index contributed by atoms with van der Waals surface area (Å²) in [6.07, 6.45) is -0.303. The Morgan fingerprint density at radius 3 is 1.93 bits per heavy atom. The molecule has 1 amide bonds. The molecule has 1 aliphatic rings. The van der Waals surface area contributed by atoms with Crippen LogP contribution in [0.3, 0.4) is 0 Å². The predicted molar refractivity (Wildman–Crippen MR) is 110 cm³/mol. The molecule has 8 nitrogen and oxygen atoms in total. The molecule has 1 aliphatic heterocycles. The minimum Gasteiger partial charge on any atom is -0.465 e. The van der Waals surface area contributed by atoms with E-state index >= 15 is 0 Å². The molecule has 0 atom stereocenters. The highest BCUT2D eigenvalue weighted by atomic mass is 16.6. The van der Waals surface area contributed by atoms with Crippen molar-refractivity contribution in [3.05, 3.63) is 34.9 Å². The molecule has 0 bridgehead atoms. The highest BCUT2D eigenvalue weighted by Crippen LogP contribution is 2.13. The fourth-order valence-electron chi connectivity index (χ4n) is 2.84. The molecule has 0 N–H and O–H groups in total. The molecule has 0 aromatic heterocycles. The van der Waals surface area contributed by atoms with E-state index in [0.29, 0.717) is 38.3 Å². The van der Waals surface area contributed by atoms with Gasteiger partial charge in [0.05, 0.1) is 31.9 Å². The normalized spacial score (nSPS) is 14.4. The van der Waals surface area contributed by atoms with Crippen molar-refractivity contribution in [2.75, 3.05) is 46.9 Å². The fraction of sp³-hybridized carbons (Fsp3) is 0.500. The van der Waals surface area contributed by atoms with E-state index in [2.05, 4.69) is 16.7 Å². The van der Waals surface area contributed by atoms with Gasteiger partial charge in [0.15, 0.2) is 0 Å². The van der Waals surface area contributed by atoms with Gasteiger partial charge >= 0.3 is 18.0 Å². The van der Waals surface area contributed by atoms with Crippen LogP contribution in [0.5, 0.6) is 0 Å². The summed E-state index contributed by atoms with van der Waals surface area (Å²) in [7, 11) is 2.55. The number of nitrogens with zero attached hydrogens (tertiary/aromatic N) is 2. The van der Waals surface area contributed by atoms with E-state index in [0.717, 1.165) is 0 Å². The van der Waals surface area contributed by atoms with Gasteiger partial charge in [0.25, 0.3) is 0 Å². The molecule has 1 aromatic rings. The molecular weight excluding hydrogens is 388 g/mol. The van der Waals surface area contributed by atoms with E-state index in [-0.39, 0.29) is 17.2 Å². The standard InChI is InChI=1S/C22H28N2O6/c1-22(2,3)30-21(27)24-11-9-23(10-12-24)8-6-7-16-13-17(19(25)28-4)15-18(14-16)20(26)29-5/h13-15H,8-12H2,1-5H3. The quantitative estimate of drug-likeness (QED) is 0.424. The smallest absolute Gasteiger partial charge is 0.410 e. The van der Waals surface area contributed by atoms with Crippen LogP contribution in [0.4, 0.5) is 4.79 Å². The summed E-state index contributed by atoms with van der Waals surface area (Å²) in [5.41, 5.74) is 0.471. The summed E-state index contributed by atoms with van der Waals surface area (Å²) in [6.45, 7) is 8.54. The summed E-state index contributed by atoms with van der Waals surface area (Å²) in [5, 5.41) is 0. The second-order valence-electron chi connectivity index (χ2n) is 7.83. The third kappa shape index (κ3) is 6.78. The minimum atomic E-state index is -0.554. The van der Waals surface area contributed by atoms with Crippen molar-refractivity contribution in [1.29, 1.82) is 0 Å². The zero-order chi connectivity index (χ0) is 22.3. The molecule has 1 saturated heterocycles. The summed E-state index contributed by atoms with van der Waals surface area (Å²) in [5.74, 6) is 4.94. The SMILES string of the molecule is COC(=O)c1cc(C#CCN2CCN(C(=O)OC(C)(C)C)CC2)cc(C(=O)OC)c1. The average molecular weight is 416 g/mol. The van der Waals surface area contributed by atoms with Crippen LogP contribution >= 0.6 is 0 Å². The van der Waals surface area contributed by atoms with Crippen molar-refractivity contribution in [2.24, 2.45) is 0 Å². The molecule has 1 aromatic carbocycles. The van der Waals surface area contributed by atoms with Gasteiger partial charge in [0, 0.05) is 31.7 Å². The lowest BCUT2D eigenvalue weighted by Crippen LogP contribution is -2.50. The van der Waals surface area contributed by atoms with Crippen LogP contribution < -0.4 is 0 Å². The van der Waals surface area contributed by atoms with Gasteiger partial charge in [-0.1, -0.05) is 11.8 Å². The maximum atomic E-state index is 12.1. The van der Waals surface area contributed by atoms with Crippen molar-refractivity contribution < 1.29 is 28.6 Å². The second kappa shape index (κ2) is 10.1. The van der Waals surface area contributed by atoms with Gasteiger partial charge in [-0.15, -0.1) is 0 Å². The van der Waals surface area contributed by atoms with Crippen molar-refractivity contribution in [1.82, 2.24) is 9.80 Å². The number of rotatable bonds is 3. The Labute approximate surface area is 177 Å². The highest BCUT2D eigenvalue weighted by molar-refractivity contribution is 5.96. The highest BCUT2D eigenvalue weighted by Gasteiger charge is 2.25. The zero-order valence-corrected chi connectivity index (χ0v) is 18.1. The number of ether oxygens (including phenoxy) is 3. The molecule has 0 saturated carbocycles. The number of amides is 1. The van der Waals surface area contributed by atoms with E-state index in [1.807, 2.05) is 20.8 Å². The minimum absolute atomic E-state index is 0.232. The van der Waals surface area contributed by atoms with Gasteiger partial charge in [-0.2, -0.15) is 0 Å². The molecule has 30 heavy (non-hydrogen) atoms. The lowest BCUT2D eigenvalue weighted by atomic mass is 10.1. The van der Waals surface area contributed by atoms with Crippen LogP contribution in [-0.4, -0.2) is 80.4 Å². The number of carbonyl (C=O) groups excluding carboxylic acids is 3. The molecule has 1 fully saturated rings. The topological polar surface area (TPSA) is 85.4 Å². The van der Waals surface area contributed by atoms with Crippen LogP contribution in [0, 0.1) is 11.8 Å². The molecule has 0 aliphatic carbocycles. The average Bonchev–Trinajstić information content (AvgIpc) is 2.71. The van der Waals surface area contributed by atoms with Crippen molar-refractivity contribution in [3.63, 3.8) is 0 Å². The number of methoxy groups -OCH3 is 2. The number of hydrogen-bond acceptors (Lipinski definition) is 7. The van der Waals surface area contributed by atoms with Crippen LogP contribution in [-0.2, 0) is 14.2 Å². The van der Waals surface area contributed by atoms with Gasteiger partial charge in [-0.05, 0) is 39.0 Å². The van der Waals surface area contributed by atoms with Crippen molar-refractivity contribution in [3.8, 4) is 11.8 Å². The molecular formula is C22H28N2O6. The number of carbonyl (C=O) groups is 3. The maximum absolute atomic E-state index is 12.1. The summed E-state index contributed by atoms with van der Waals surface area (Å²) >= 11 is 0. The van der Waals surface area contributed by atoms with Crippen LogP contribution in [0.2, 0.25) is 0 Å². The van der Waals surface area contributed by atoms with Gasteiger partial charge in [0.2, 0.25) is 0 Å². The third-order valence-corrected chi connectivity index (χ3v) is 4.33. The molecule has 0 spiro atoms. The van der Waals surface area contributed by atoms with Gasteiger partial charge < -0.3 is 19.1 Å². The zero-order valence-electron chi connectivity index (χ0n) is 18.1. The second-order valence-corrected chi connectivity index (χ2v) is 7.83. The molecule has 8 heteroatoms. The van der Waals surface area contributed by atoms with E-state index in [1.54, 1.807) is 17.0 Å². The Balaban J connectivity index is 2.00. The maximum Gasteiger partial charge on any atom is 0.410 e. The number of benzene rings is 1. The summed E-state index contributed by atoms with van der Waals surface area (Å²) in [4.78, 5) is 39.6. The largest absolute Gasteiger partial charge is 0.465 e. The number of esters is 2. The van der Waals surface area contributed by atoms with E-state index in [4.69, 9.17) is 14.2 Å². The molecule has 1 heterocycles. The summed E-state index contributed by atoms with van der Waals surface area (Å²) in [6, 6.07) is 4.57. The third-order valence-electron chi connectivity index (χ3n) is 4.33. The Hall–Kier alpha value is -3.05. The fourth-order valence-corrected chi connectivity index (χ4v) is 2.84. The van der Waals surface area contributed by atoms with Gasteiger partial charge in [-0.3, -0.25) is 4.90 Å². The predicted octanol–water partition coefficient (Wildman–Crippen LogP) is 2.16. The van der Waals surface area contributed by atoms with Crippen LogP contribution in [0.15, 0.2) is 18.2 Å². The Morgan fingerprint density at radius 1 is 0.933 bits per heavy atom. The Bertz CT molecular complexity index is 820. The lowest BCUT2D eigenvalue weighted by Gasteiger charge is -2.34. The van der Waals surface area contributed by atoms with Gasteiger partial charge in [0.1, 0.15) is 5.60 Å².